The third kappa shape index (κ3) is 6.45. The number of benzene rings is 2. The molecule has 2 amide bonds. The van der Waals surface area contributed by atoms with Crippen LogP contribution in [-0.2, 0) is 22.6 Å². The maximum Gasteiger partial charge on any atom is 0.247 e. The van der Waals surface area contributed by atoms with Gasteiger partial charge in [-0.15, -0.1) is 0 Å². The molecule has 3 aromatic rings. The van der Waals surface area contributed by atoms with Gasteiger partial charge in [0.25, 0.3) is 0 Å². The Morgan fingerprint density at radius 2 is 1.71 bits per heavy atom. The lowest BCUT2D eigenvalue weighted by molar-refractivity contribution is -0.141. The van der Waals surface area contributed by atoms with Gasteiger partial charge in [0.15, 0.2) is 0 Å². The molecule has 1 atom stereocenters. The Bertz CT molecular complexity index is 1080. The molecule has 7 heteroatoms. The van der Waals surface area contributed by atoms with E-state index in [-0.39, 0.29) is 36.6 Å². The first-order valence-electron chi connectivity index (χ1n) is 11.6. The third-order valence-electron chi connectivity index (χ3n) is 6.22. The second-order valence-electron chi connectivity index (χ2n) is 8.75. The Morgan fingerprint density at radius 1 is 1.00 bits per heavy atom. The van der Waals surface area contributed by atoms with Crippen molar-refractivity contribution in [3.63, 3.8) is 0 Å². The van der Waals surface area contributed by atoms with Crippen LogP contribution in [0.4, 0.5) is 4.39 Å². The summed E-state index contributed by atoms with van der Waals surface area (Å²) in [4.78, 5) is 28.9. The molecule has 0 radical (unpaired) electrons. The average molecular weight is 499 g/mol. The number of carbonyl (C=O) groups excluding carboxylic acids is 2. The first kappa shape index (κ1) is 24.4. The molecule has 0 spiro atoms. The first-order chi connectivity index (χ1) is 16.5. The molecule has 0 saturated heterocycles. The van der Waals surface area contributed by atoms with Crippen LogP contribution in [0.5, 0.6) is 0 Å². The molecular formula is C27H28ClFN2O2S. The minimum absolute atomic E-state index is 0.0913. The zero-order valence-electron chi connectivity index (χ0n) is 18.9. The van der Waals surface area contributed by atoms with Gasteiger partial charge in [-0.2, -0.15) is 11.3 Å². The molecule has 1 aromatic heterocycles. The Hall–Kier alpha value is -2.70. The highest BCUT2D eigenvalue weighted by Gasteiger charge is 2.33. The minimum atomic E-state index is -0.871. The van der Waals surface area contributed by atoms with E-state index in [1.54, 1.807) is 29.2 Å². The number of rotatable bonds is 8. The van der Waals surface area contributed by atoms with Crippen LogP contribution in [0.3, 0.4) is 0 Å². The van der Waals surface area contributed by atoms with E-state index in [0.29, 0.717) is 10.6 Å². The minimum Gasteiger partial charge on any atom is -0.351 e. The van der Waals surface area contributed by atoms with Crippen molar-refractivity contribution in [1.82, 2.24) is 10.2 Å². The van der Waals surface area contributed by atoms with E-state index in [1.807, 2.05) is 29.0 Å². The van der Waals surface area contributed by atoms with E-state index in [9.17, 15) is 14.0 Å². The molecule has 2 aromatic carbocycles. The lowest BCUT2D eigenvalue weighted by Gasteiger charge is -2.33. The molecule has 0 unspecified atom stereocenters. The lowest BCUT2D eigenvalue weighted by atomic mass is 9.94. The quantitative estimate of drug-likeness (QED) is 0.396. The molecule has 4 nitrogen and oxygen atoms in total. The molecule has 0 aliphatic heterocycles. The molecule has 0 bridgehead atoms. The summed E-state index contributed by atoms with van der Waals surface area (Å²) >= 11 is 7.59. The largest absolute Gasteiger partial charge is 0.351 e. The fraction of sp³-hybridized carbons (Fsp3) is 0.333. The van der Waals surface area contributed by atoms with Crippen LogP contribution in [0.25, 0.3) is 0 Å². The second-order valence-corrected chi connectivity index (χ2v) is 9.97. The highest BCUT2D eigenvalue weighted by Crippen LogP contribution is 2.27. The number of hydrogen-bond donors (Lipinski definition) is 1. The smallest absolute Gasteiger partial charge is 0.247 e. The highest BCUT2D eigenvalue weighted by atomic mass is 35.5. The van der Waals surface area contributed by atoms with E-state index in [0.717, 1.165) is 36.8 Å². The lowest BCUT2D eigenvalue weighted by Crippen LogP contribution is -2.47. The van der Waals surface area contributed by atoms with Crippen molar-refractivity contribution < 1.29 is 14.0 Å². The molecule has 1 fully saturated rings. The first-order valence-corrected chi connectivity index (χ1v) is 12.9. The van der Waals surface area contributed by atoms with Crippen LogP contribution in [-0.4, -0.2) is 22.8 Å². The van der Waals surface area contributed by atoms with Crippen LogP contribution in [0.1, 0.15) is 54.8 Å². The predicted molar refractivity (Wildman–Crippen MR) is 134 cm³/mol. The summed E-state index contributed by atoms with van der Waals surface area (Å²) in [6.45, 7) is 0.236. The van der Waals surface area contributed by atoms with Gasteiger partial charge in [0, 0.05) is 17.6 Å². The molecule has 1 saturated carbocycles. The van der Waals surface area contributed by atoms with E-state index in [2.05, 4.69) is 5.32 Å². The fourth-order valence-corrected chi connectivity index (χ4v) is 5.22. The van der Waals surface area contributed by atoms with Crippen LogP contribution in [0.15, 0.2) is 65.4 Å². The van der Waals surface area contributed by atoms with Crippen molar-refractivity contribution in [2.24, 2.45) is 0 Å². The zero-order chi connectivity index (χ0) is 23.9. The van der Waals surface area contributed by atoms with Crippen LogP contribution < -0.4 is 5.32 Å². The molecule has 1 N–H and O–H groups in total. The van der Waals surface area contributed by atoms with Crippen LogP contribution >= 0.6 is 22.9 Å². The Kier molecular flexibility index (Phi) is 8.35. The van der Waals surface area contributed by atoms with Gasteiger partial charge in [-0.05, 0) is 70.6 Å². The molecule has 34 heavy (non-hydrogen) atoms. The van der Waals surface area contributed by atoms with E-state index in [4.69, 9.17) is 11.6 Å². The number of carbonyl (C=O) groups is 2. The van der Waals surface area contributed by atoms with Crippen molar-refractivity contribution in [2.45, 2.75) is 57.2 Å². The normalized spacial score (nSPS) is 15.0. The molecule has 4 rings (SSSR count). The van der Waals surface area contributed by atoms with Gasteiger partial charge >= 0.3 is 0 Å². The van der Waals surface area contributed by atoms with Gasteiger partial charge in [0.1, 0.15) is 11.9 Å². The Labute approximate surface area is 208 Å². The third-order valence-corrected chi connectivity index (χ3v) is 7.20. The second kappa shape index (κ2) is 11.6. The monoisotopic (exact) mass is 498 g/mol. The van der Waals surface area contributed by atoms with E-state index in [1.165, 1.54) is 29.9 Å². The summed E-state index contributed by atoms with van der Waals surface area (Å²) in [7, 11) is 0. The van der Waals surface area contributed by atoms with Crippen LogP contribution in [0, 0.1) is 5.82 Å². The summed E-state index contributed by atoms with van der Waals surface area (Å²) in [5.41, 5.74) is 2.35. The van der Waals surface area contributed by atoms with Crippen molar-refractivity contribution >= 4 is 34.8 Å². The zero-order valence-corrected chi connectivity index (χ0v) is 20.5. The fourth-order valence-electron chi connectivity index (χ4n) is 4.42. The van der Waals surface area contributed by atoms with Gasteiger partial charge in [-0.3, -0.25) is 9.59 Å². The number of hydrogen-bond acceptors (Lipinski definition) is 3. The molecule has 178 valence electrons. The number of nitrogens with zero attached hydrogens (tertiary/aromatic N) is 1. The van der Waals surface area contributed by atoms with Gasteiger partial charge in [0.2, 0.25) is 11.8 Å². The SMILES string of the molecule is O=C(NC1CCCCC1)[C@H](c1ccc(F)cc1)N(Cc1ccc(Cl)cc1)C(=O)Cc1ccsc1. The van der Waals surface area contributed by atoms with Gasteiger partial charge in [0.05, 0.1) is 6.42 Å². The summed E-state index contributed by atoms with van der Waals surface area (Å²) in [5, 5.41) is 7.65. The van der Waals surface area contributed by atoms with Crippen molar-refractivity contribution in [1.29, 1.82) is 0 Å². The maximum absolute atomic E-state index is 13.7. The Morgan fingerprint density at radius 3 is 2.35 bits per heavy atom. The van der Waals surface area contributed by atoms with Gasteiger partial charge in [-0.25, -0.2) is 4.39 Å². The molecule has 1 aliphatic carbocycles. The molecule has 1 aliphatic rings. The van der Waals surface area contributed by atoms with E-state index >= 15 is 0 Å². The average Bonchev–Trinajstić information content (AvgIpc) is 3.35. The molecule has 1 heterocycles. The maximum atomic E-state index is 13.7. The summed E-state index contributed by atoms with van der Waals surface area (Å²) < 4.78 is 13.7. The number of amides is 2. The summed E-state index contributed by atoms with van der Waals surface area (Å²) in [6, 6.07) is 14.2. The number of nitrogens with one attached hydrogen (secondary N) is 1. The number of thiophene rings is 1. The topological polar surface area (TPSA) is 49.4 Å². The summed E-state index contributed by atoms with van der Waals surface area (Å²) in [6.07, 6.45) is 5.39. The predicted octanol–water partition coefficient (Wildman–Crippen LogP) is 6.30. The number of halogens is 2. The highest BCUT2D eigenvalue weighted by molar-refractivity contribution is 7.08. The standard InChI is InChI=1S/C27H28ClFN2O2S/c28-22-10-6-19(7-11-22)17-31(25(32)16-20-14-15-34-18-20)26(21-8-12-23(29)13-9-21)27(33)30-24-4-2-1-3-5-24/h6-15,18,24,26H,1-5,16-17H2,(H,30,33)/t26-/m0/s1. The van der Waals surface area contributed by atoms with E-state index < -0.39 is 6.04 Å². The summed E-state index contributed by atoms with van der Waals surface area (Å²) in [5.74, 6) is -0.781. The Balaban J connectivity index is 1.68. The van der Waals surface area contributed by atoms with Crippen molar-refractivity contribution in [3.8, 4) is 0 Å². The van der Waals surface area contributed by atoms with Crippen molar-refractivity contribution in [3.05, 3.63) is 92.9 Å². The van der Waals surface area contributed by atoms with Gasteiger partial charge in [-0.1, -0.05) is 55.1 Å². The van der Waals surface area contributed by atoms with Crippen molar-refractivity contribution in [2.75, 3.05) is 0 Å². The molecular weight excluding hydrogens is 471 g/mol. The van der Waals surface area contributed by atoms with Gasteiger partial charge < -0.3 is 10.2 Å². The van der Waals surface area contributed by atoms with Crippen LogP contribution in [0.2, 0.25) is 5.02 Å².